The molecule has 3 atom stereocenters. The molecule has 31 heavy (non-hydrogen) atoms. The minimum Gasteiger partial charge on any atom is -0.356 e. The van der Waals surface area contributed by atoms with Crippen LogP contribution in [0.15, 0.2) is 18.3 Å². The lowest BCUT2D eigenvalue weighted by molar-refractivity contribution is -0.157. The van der Waals surface area contributed by atoms with E-state index in [-0.39, 0.29) is 28.9 Å². The number of rotatable bonds is 2. The van der Waals surface area contributed by atoms with Crippen LogP contribution in [0.3, 0.4) is 0 Å². The second-order valence-electron chi connectivity index (χ2n) is 7.97. The monoisotopic (exact) mass is 447 g/mol. The third-order valence-electron chi connectivity index (χ3n) is 5.89. The van der Waals surface area contributed by atoms with Crippen LogP contribution < -0.4 is 10.2 Å². The van der Waals surface area contributed by atoms with Crippen molar-refractivity contribution in [2.75, 3.05) is 23.3 Å². The summed E-state index contributed by atoms with van der Waals surface area (Å²) in [4.78, 5) is 17.4. The van der Waals surface area contributed by atoms with Gasteiger partial charge in [0.15, 0.2) is 0 Å². The van der Waals surface area contributed by atoms with Gasteiger partial charge in [0.2, 0.25) is 5.91 Å². The lowest BCUT2D eigenvalue weighted by atomic mass is 9.79. The van der Waals surface area contributed by atoms with E-state index >= 15 is 0 Å². The number of alkyl halides is 6. The molecule has 2 aromatic heterocycles. The van der Waals surface area contributed by atoms with Gasteiger partial charge in [-0.3, -0.25) is 9.89 Å². The van der Waals surface area contributed by atoms with Crippen molar-refractivity contribution in [3.05, 3.63) is 35.2 Å². The molecule has 1 fully saturated rings. The fourth-order valence-electron chi connectivity index (χ4n) is 4.35. The number of anilines is 2. The number of hydrogen-bond donors (Lipinski definition) is 2. The number of hydrogen-bond acceptors (Lipinski definition) is 4. The van der Waals surface area contributed by atoms with Gasteiger partial charge in [0.05, 0.1) is 17.2 Å². The number of nitrogens with one attached hydrogen (secondary N) is 2. The lowest BCUT2D eigenvalue weighted by Gasteiger charge is -2.38. The highest BCUT2D eigenvalue weighted by atomic mass is 19.4. The molecule has 0 radical (unpaired) electrons. The van der Waals surface area contributed by atoms with Crippen LogP contribution in [0.5, 0.6) is 0 Å². The molecule has 4 heterocycles. The first-order chi connectivity index (χ1) is 14.4. The van der Waals surface area contributed by atoms with Gasteiger partial charge in [-0.1, -0.05) is 6.92 Å². The highest BCUT2D eigenvalue weighted by Crippen LogP contribution is 2.47. The molecule has 0 aliphatic carbocycles. The van der Waals surface area contributed by atoms with Crippen LogP contribution in [0.1, 0.15) is 48.4 Å². The minimum absolute atomic E-state index is 0.0207. The molecular formula is C19H19F6N5O. The molecule has 0 spiro atoms. The summed E-state index contributed by atoms with van der Waals surface area (Å²) in [5.41, 5.74) is -0.586. The van der Waals surface area contributed by atoms with Crippen LogP contribution >= 0.6 is 0 Å². The first kappa shape index (κ1) is 21.4. The van der Waals surface area contributed by atoms with E-state index in [1.165, 1.54) is 6.07 Å². The van der Waals surface area contributed by atoms with E-state index in [9.17, 15) is 31.1 Å². The Morgan fingerprint density at radius 2 is 1.90 bits per heavy atom. The number of carbonyl (C=O) groups is 1. The molecule has 2 aliphatic heterocycles. The van der Waals surface area contributed by atoms with Crippen LogP contribution in [0.2, 0.25) is 0 Å². The van der Waals surface area contributed by atoms with Crippen LogP contribution in [0, 0.1) is 5.92 Å². The molecule has 168 valence electrons. The molecule has 1 unspecified atom stereocenters. The highest BCUT2D eigenvalue weighted by Gasteiger charge is 2.49. The summed E-state index contributed by atoms with van der Waals surface area (Å²) < 4.78 is 79.0. The van der Waals surface area contributed by atoms with Gasteiger partial charge in [-0.05, 0) is 24.5 Å². The second kappa shape index (κ2) is 7.41. The summed E-state index contributed by atoms with van der Waals surface area (Å²) in [5, 5.41) is 9.05. The third kappa shape index (κ3) is 4.07. The zero-order valence-electron chi connectivity index (χ0n) is 16.3. The number of aromatic amines is 1. The number of nitrogens with zero attached hydrogens (tertiary/aromatic N) is 3. The van der Waals surface area contributed by atoms with Gasteiger partial charge in [0.1, 0.15) is 11.6 Å². The zero-order valence-corrected chi connectivity index (χ0v) is 16.3. The Bertz CT molecular complexity index is 968. The number of H-pyrrole nitrogens is 1. The van der Waals surface area contributed by atoms with E-state index < -0.39 is 36.2 Å². The largest absolute Gasteiger partial charge is 0.417 e. The Morgan fingerprint density at radius 3 is 2.48 bits per heavy atom. The fraction of sp³-hybridized carbons (Fsp3) is 0.526. The number of carbonyl (C=O) groups excluding carboxylic acids is 1. The molecule has 1 saturated heterocycles. The summed E-state index contributed by atoms with van der Waals surface area (Å²) in [7, 11) is 0. The first-order valence-electron chi connectivity index (χ1n) is 9.68. The normalized spacial score (nSPS) is 24.7. The van der Waals surface area contributed by atoms with Crippen LogP contribution in [-0.4, -0.2) is 40.4 Å². The minimum atomic E-state index is -4.58. The number of piperidine rings is 1. The lowest BCUT2D eigenvalue weighted by Crippen LogP contribution is -2.40. The first-order valence-corrected chi connectivity index (χ1v) is 9.68. The quantitative estimate of drug-likeness (QED) is 0.668. The van der Waals surface area contributed by atoms with Crippen molar-refractivity contribution in [2.45, 2.75) is 44.0 Å². The van der Waals surface area contributed by atoms with Gasteiger partial charge in [-0.25, -0.2) is 4.98 Å². The predicted molar refractivity (Wildman–Crippen MR) is 98.6 cm³/mol. The summed E-state index contributed by atoms with van der Waals surface area (Å²) in [6.45, 7) is 2.65. The fourth-order valence-corrected chi connectivity index (χ4v) is 4.35. The van der Waals surface area contributed by atoms with Crippen LogP contribution in [-0.2, 0) is 11.0 Å². The maximum Gasteiger partial charge on any atom is 0.417 e. The summed E-state index contributed by atoms with van der Waals surface area (Å²) in [6, 6.07) is 2.25. The molecule has 2 aliphatic rings. The van der Waals surface area contributed by atoms with E-state index in [1.807, 2.05) is 11.8 Å². The Hall–Kier alpha value is -2.79. The second-order valence-corrected chi connectivity index (χ2v) is 7.97. The molecule has 1 amide bonds. The number of fused-ring (bicyclic) bond motifs is 1. The standard InChI is InChI=1S/C19H19F6N5O/c1-9-8-30(13-3-2-10(7-26-13)18(20,21)22)5-4-11(9)16-15-12(19(23,24)25)6-14(31)27-17(15)29-28-16/h2-3,7,9,11-12H,4-6,8H2,1H3,(H2,27,28,29,31)/t9-,11+,12?/m0/s1. The van der Waals surface area contributed by atoms with E-state index in [0.29, 0.717) is 25.3 Å². The van der Waals surface area contributed by atoms with Crippen molar-refractivity contribution in [2.24, 2.45) is 5.92 Å². The number of aromatic nitrogens is 3. The van der Waals surface area contributed by atoms with E-state index in [1.54, 1.807) is 0 Å². The number of halogens is 6. The molecule has 0 saturated carbocycles. The van der Waals surface area contributed by atoms with Gasteiger partial charge in [-0.2, -0.15) is 31.4 Å². The molecule has 2 aromatic rings. The SMILES string of the molecule is C[C@H]1CN(c2ccc(C(F)(F)F)cn2)CC[C@H]1c1n[nH]c2c1C(C(F)(F)F)CC(=O)N2. The van der Waals surface area contributed by atoms with Crippen molar-refractivity contribution < 1.29 is 31.1 Å². The molecular weight excluding hydrogens is 428 g/mol. The molecule has 2 N–H and O–H groups in total. The topological polar surface area (TPSA) is 73.9 Å². The van der Waals surface area contributed by atoms with Gasteiger partial charge in [0.25, 0.3) is 0 Å². The molecule has 6 nitrogen and oxygen atoms in total. The van der Waals surface area contributed by atoms with Crippen molar-refractivity contribution in [3.8, 4) is 0 Å². The summed E-state index contributed by atoms with van der Waals surface area (Å²) >= 11 is 0. The van der Waals surface area contributed by atoms with Gasteiger partial charge in [0, 0.05) is 37.2 Å². The summed E-state index contributed by atoms with van der Waals surface area (Å²) in [6.07, 6.45) is -8.53. The maximum absolute atomic E-state index is 13.6. The van der Waals surface area contributed by atoms with Crippen molar-refractivity contribution in [1.82, 2.24) is 15.2 Å². The van der Waals surface area contributed by atoms with Crippen molar-refractivity contribution in [1.29, 1.82) is 0 Å². The smallest absolute Gasteiger partial charge is 0.356 e. The Balaban J connectivity index is 1.55. The Labute approximate surface area is 173 Å². The van der Waals surface area contributed by atoms with Crippen molar-refractivity contribution >= 4 is 17.5 Å². The van der Waals surface area contributed by atoms with Crippen LogP contribution in [0.25, 0.3) is 0 Å². The van der Waals surface area contributed by atoms with E-state index in [0.717, 1.165) is 12.3 Å². The van der Waals surface area contributed by atoms with Crippen LogP contribution in [0.4, 0.5) is 38.0 Å². The molecule has 12 heteroatoms. The van der Waals surface area contributed by atoms with Gasteiger partial charge < -0.3 is 10.2 Å². The Kier molecular flexibility index (Phi) is 5.13. The average molecular weight is 447 g/mol. The third-order valence-corrected chi connectivity index (χ3v) is 5.89. The molecule has 0 bridgehead atoms. The maximum atomic E-state index is 13.6. The molecule has 4 rings (SSSR count). The molecule has 0 aromatic carbocycles. The zero-order chi connectivity index (χ0) is 22.6. The predicted octanol–water partition coefficient (Wildman–Crippen LogP) is 4.44. The van der Waals surface area contributed by atoms with E-state index in [4.69, 9.17) is 0 Å². The highest BCUT2D eigenvalue weighted by molar-refractivity contribution is 5.94. The van der Waals surface area contributed by atoms with Crippen molar-refractivity contribution in [3.63, 3.8) is 0 Å². The average Bonchev–Trinajstić information content (AvgIpc) is 3.09. The number of pyridine rings is 1. The van der Waals surface area contributed by atoms with Gasteiger partial charge >= 0.3 is 12.4 Å². The Morgan fingerprint density at radius 1 is 1.16 bits per heavy atom. The van der Waals surface area contributed by atoms with Gasteiger partial charge in [-0.15, -0.1) is 0 Å². The number of amides is 1. The summed E-state index contributed by atoms with van der Waals surface area (Å²) in [5.74, 6) is -2.73. The van der Waals surface area contributed by atoms with E-state index in [2.05, 4.69) is 20.5 Å².